The molecule has 0 aliphatic heterocycles. The molecular formula is C25H23ClN4O4. The van der Waals surface area contributed by atoms with Gasteiger partial charge in [-0.05, 0) is 41.7 Å². The predicted octanol–water partition coefficient (Wildman–Crippen LogP) is 3.70. The maximum Gasteiger partial charge on any atom is 0.308 e. The van der Waals surface area contributed by atoms with Crippen LogP contribution >= 0.6 is 11.6 Å². The van der Waals surface area contributed by atoms with Crippen LogP contribution in [-0.2, 0) is 11.2 Å². The molecule has 8 nitrogen and oxygen atoms in total. The quantitative estimate of drug-likeness (QED) is 0.290. The zero-order valence-electron chi connectivity index (χ0n) is 18.1. The number of nitrogens with zero attached hydrogens (tertiary/aromatic N) is 2. The van der Waals surface area contributed by atoms with Gasteiger partial charge in [-0.3, -0.25) is 14.7 Å². The van der Waals surface area contributed by atoms with Gasteiger partial charge in [-0.15, -0.1) is 5.10 Å². The number of H-pyrrole nitrogens is 1. The first-order valence-corrected chi connectivity index (χ1v) is 11.1. The van der Waals surface area contributed by atoms with Crippen LogP contribution in [0.25, 0.3) is 22.2 Å². The smallest absolute Gasteiger partial charge is 0.308 e. The molecule has 0 fully saturated rings. The molecule has 1 heterocycles. The molecule has 0 bridgehead atoms. The Bertz CT molecular complexity index is 1290. The maximum absolute atomic E-state index is 13.0. The molecule has 9 heteroatoms. The number of benzene rings is 3. The summed E-state index contributed by atoms with van der Waals surface area (Å²) in [7, 11) is 0. The highest BCUT2D eigenvalue weighted by atomic mass is 35.5. The van der Waals surface area contributed by atoms with Crippen LogP contribution in [0.4, 0.5) is 0 Å². The Labute approximate surface area is 200 Å². The van der Waals surface area contributed by atoms with Crippen molar-refractivity contribution in [2.24, 2.45) is 5.92 Å². The number of carbonyl (C=O) groups excluding carboxylic acids is 1. The number of aliphatic hydroxyl groups is 1. The summed E-state index contributed by atoms with van der Waals surface area (Å²) < 4.78 is 0. The number of nitrogens with one attached hydrogen (secondary N) is 2. The maximum atomic E-state index is 13.0. The lowest BCUT2D eigenvalue weighted by atomic mass is 9.94. The van der Waals surface area contributed by atoms with Crippen LogP contribution in [0, 0.1) is 5.92 Å². The van der Waals surface area contributed by atoms with Crippen molar-refractivity contribution in [2.45, 2.75) is 18.9 Å². The van der Waals surface area contributed by atoms with Gasteiger partial charge in [0.25, 0.3) is 5.91 Å². The molecule has 0 saturated heterocycles. The number of fused-ring (bicyclic) bond motifs is 1. The zero-order chi connectivity index (χ0) is 24.1. The number of hydrogen-bond acceptors (Lipinski definition) is 5. The fourth-order valence-corrected chi connectivity index (χ4v) is 4.11. The molecule has 0 aliphatic rings. The zero-order valence-corrected chi connectivity index (χ0v) is 18.9. The summed E-state index contributed by atoms with van der Waals surface area (Å²) in [4.78, 5) is 24.5. The van der Waals surface area contributed by atoms with Gasteiger partial charge in [-0.25, -0.2) is 0 Å². The minimum atomic E-state index is -1.12. The van der Waals surface area contributed by atoms with Gasteiger partial charge < -0.3 is 15.5 Å². The second-order valence-corrected chi connectivity index (χ2v) is 8.46. The normalized spacial score (nSPS) is 12.9. The Morgan fingerprint density at radius 3 is 2.41 bits per heavy atom. The summed E-state index contributed by atoms with van der Waals surface area (Å²) in [6, 6.07) is 20.4. The highest BCUT2D eigenvalue weighted by molar-refractivity contribution is 6.35. The third-order valence-electron chi connectivity index (χ3n) is 5.66. The van der Waals surface area contributed by atoms with Crippen molar-refractivity contribution in [3.63, 3.8) is 0 Å². The number of amides is 1. The molecule has 2 atom stereocenters. The van der Waals surface area contributed by atoms with E-state index in [4.69, 9.17) is 11.6 Å². The average molecular weight is 479 g/mol. The van der Waals surface area contributed by atoms with Gasteiger partial charge in [0, 0.05) is 11.6 Å². The van der Waals surface area contributed by atoms with Crippen molar-refractivity contribution in [3.05, 3.63) is 82.9 Å². The summed E-state index contributed by atoms with van der Waals surface area (Å²) in [6.45, 7) is -0.522. The Balaban J connectivity index is 1.54. The molecule has 0 radical (unpaired) electrons. The first kappa shape index (κ1) is 23.4. The monoisotopic (exact) mass is 478 g/mol. The molecule has 34 heavy (non-hydrogen) atoms. The molecule has 0 spiro atoms. The van der Waals surface area contributed by atoms with Crippen molar-refractivity contribution in [3.8, 4) is 11.1 Å². The van der Waals surface area contributed by atoms with E-state index < -0.39 is 30.4 Å². The van der Waals surface area contributed by atoms with Crippen molar-refractivity contribution in [1.29, 1.82) is 0 Å². The molecule has 0 saturated carbocycles. The second kappa shape index (κ2) is 10.5. The standard InChI is InChI=1S/C25H23ClN4O4/c26-21-12-18(13-22-23(21)29-30-28-22)24(32)27-20(11-19(14-31)25(33)34)10-15-6-8-17(9-7-15)16-4-2-1-3-5-16/h1-9,12-13,19-20,31H,10-11,14H2,(H,27,32)(H,33,34)(H,28,29,30)/t19-,20?/m1/s1. The van der Waals surface area contributed by atoms with Crippen LogP contribution in [0.3, 0.4) is 0 Å². The first-order chi connectivity index (χ1) is 16.4. The Morgan fingerprint density at radius 2 is 1.74 bits per heavy atom. The molecular weight excluding hydrogens is 456 g/mol. The summed E-state index contributed by atoms with van der Waals surface area (Å²) >= 11 is 6.21. The lowest BCUT2D eigenvalue weighted by Gasteiger charge is -2.22. The minimum Gasteiger partial charge on any atom is -0.481 e. The van der Waals surface area contributed by atoms with Crippen molar-refractivity contribution >= 4 is 34.5 Å². The number of aromatic amines is 1. The third-order valence-corrected chi connectivity index (χ3v) is 5.95. The van der Waals surface area contributed by atoms with Crippen LogP contribution in [0.2, 0.25) is 5.02 Å². The fourth-order valence-electron chi connectivity index (χ4n) is 3.85. The number of carboxylic acids is 1. The van der Waals surface area contributed by atoms with E-state index in [1.807, 2.05) is 54.6 Å². The van der Waals surface area contributed by atoms with Crippen LogP contribution in [0.15, 0.2) is 66.7 Å². The van der Waals surface area contributed by atoms with Gasteiger partial charge in [-0.1, -0.05) is 71.4 Å². The molecule has 1 aromatic heterocycles. The number of hydrogen-bond donors (Lipinski definition) is 4. The topological polar surface area (TPSA) is 128 Å². The van der Waals surface area contributed by atoms with E-state index in [9.17, 15) is 19.8 Å². The molecule has 1 unspecified atom stereocenters. The number of halogens is 1. The largest absolute Gasteiger partial charge is 0.481 e. The lowest BCUT2D eigenvalue weighted by Crippen LogP contribution is -2.39. The number of carboxylic acid groups (broad SMARTS) is 1. The van der Waals surface area contributed by atoms with E-state index in [-0.39, 0.29) is 11.4 Å². The van der Waals surface area contributed by atoms with E-state index in [1.54, 1.807) is 6.07 Å². The van der Waals surface area contributed by atoms with Crippen LogP contribution < -0.4 is 5.32 Å². The summed E-state index contributed by atoms with van der Waals surface area (Å²) in [5, 5.41) is 32.4. The van der Waals surface area contributed by atoms with Crippen molar-refractivity contribution in [2.75, 3.05) is 6.61 Å². The second-order valence-electron chi connectivity index (χ2n) is 8.06. The molecule has 0 aliphatic carbocycles. The summed E-state index contributed by atoms with van der Waals surface area (Å²) in [6.07, 6.45) is 0.464. The molecule has 1 amide bonds. The molecule has 4 aromatic rings. The highest BCUT2D eigenvalue weighted by Gasteiger charge is 2.24. The Morgan fingerprint density at radius 1 is 1.03 bits per heavy atom. The van der Waals surface area contributed by atoms with Gasteiger partial charge in [-0.2, -0.15) is 0 Å². The van der Waals surface area contributed by atoms with Crippen LogP contribution in [-0.4, -0.2) is 50.1 Å². The summed E-state index contributed by atoms with van der Waals surface area (Å²) in [5.41, 5.74) is 4.34. The van der Waals surface area contributed by atoms with Crippen molar-refractivity contribution < 1.29 is 19.8 Å². The molecule has 4 N–H and O–H groups in total. The first-order valence-electron chi connectivity index (χ1n) is 10.7. The number of rotatable bonds is 9. The minimum absolute atomic E-state index is 0.0690. The molecule has 174 valence electrons. The number of aliphatic hydroxyl groups excluding tert-OH is 1. The fraction of sp³-hybridized carbons (Fsp3) is 0.200. The van der Waals surface area contributed by atoms with Gasteiger partial charge in [0.2, 0.25) is 0 Å². The Kier molecular flexibility index (Phi) is 7.20. The van der Waals surface area contributed by atoms with E-state index in [0.717, 1.165) is 16.7 Å². The number of carbonyl (C=O) groups is 2. The Hall–Kier alpha value is -3.75. The SMILES string of the molecule is O=C(NC(Cc1ccc(-c2ccccc2)cc1)C[C@H](CO)C(=O)O)c1cc(Cl)c2nn[nH]c2c1. The van der Waals surface area contributed by atoms with E-state index in [1.165, 1.54) is 6.07 Å². The average Bonchev–Trinajstić information content (AvgIpc) is 3.32. The number of aliphatic carboxylic acids is 1. The van der Waals surface area contributed by atoms with Crippen molar-refractivity contribution in [1.82, 2.24) is 20.7 Å². The van der Waals surface area contributed by atoms with Gasteiger partial charge in [0.05, 0.1) is 23.1 Å². The summed E-state index contributed by atoms with van der Waals surface area (Å²) in [5.74, 6) is -2.53. The predicted molar refractivity (Wildman–Crippen MR) is 129 cm³/mol. The van der Waals surface area contributed by atoms with E-state index in [2.05, 4.69) is 20.7 Å². The lowest BCUT2D eigenvalue weighted by molar-refractivity contribution is -0.143. The molecule has 3 aromatic carbocycles. The molecule has 4 rings (SSSR count). The van der Waals surface area contributed by atoms with E-state index in [0.29, 0.717) is 23.0 Å². The van der Waals surface area contributed by atoms with Gasteiger partial charge in [0.1, 0.15) is 5.52 Å². The highest BCUT2D eigenvalue weighted by Crippen LogP contribution is 2.23. The van der Waals surface area contributed by atoms with Crippen LogP contribution in [0.1, 0.15) is 22.3 Å². The van der Waals surface area contributed by atoms with Crippen LogP contribution in [0.5, 0.6) is 0 Å². The van der Waals surface area contributed by atoms with Gasteiger partial charge in [0.15, 0.2) is 0 Å². The number of aromatic nitrogens is 3. The third kappa shape index (κ3) is 5.41. The van der Waals surface area contributed by atoms with Gasteiger partial charge >= 0.3 is 5.97 Å². The van der Waals surface area contributed by atoms with E-state index >= 15 is 0 Å².